The summed E-state index contributed by atoms with van der Waals surface area (Å²) in [5.41, 5.74) is 2.88. The van der Waals surface area contributed by atoms with Crippen LogP contribution in [0.1, 0.15) is 39.2 Å². The van der Waals surface area contributed by atoms with Crippen LogP contribution in [0.4, 0.5) is 5.69 Å². The van der Waals surface area contributed by atoms with Crippen molar-refractivity contribution in [1.29, 1.82) is 0 Å². The highest BCUT2D eigenvalue weighted by molar-refractivity contribution is 5.45. The summed E-state index contributed by atoms with van der Waals surface area (Å²) in [4.78, 5) is 2.54. The third-order valence-corrected chi connectivity index (χ3v) is 3.71. The van der Waals surface area contributed by atoms with Gasteiger partial charge in [-0.05, 0) is 49.0 Å². The van der Waals surface area contributed by atoms with Crippen LogP contribution in [-0.2, 0) is 5.41 Å². The summed E-state index contributed by atoms with van der Waals surface area (Å²) in [6.45, 7) is 11.5. The van der Waals surface area contributed by atoms with Crippen molar-refractivity contribution in [3.05, 3.63) is 29.8 Å². The predicted octanol–water partition coefficient (Wildman–Crippen LogP) is 3.49. The van der Waals surface area contributed by atoms with E-state index in [-0.39, 0.29) is 5.41 Å². The molecule has 2 nitrogen and oxygen atoms in total. The maximum Gasteiger partial charge on any atom is 0.0340 e. The Hall–Kier alpha value is -1.02. The average molecular weight is 246 g/mol. The summed E-state index contributed by atoms with van der Waals surface area (Å²) in [6, 6.07) is 8.87. The quantitative estimate of drug-likeness (QED) is 0.875. The molecule has 1 fully saturated rings. The second kappa shape index (κ2) is 5.75. The number of anilines is 1. The first-order valence-corrected chi connectivity index (χ1v) is 7.12. The zero-order valence-electron chi connectivity index (χ0n) is 12.0. The van der Waals surface area contributed by atoms with Crippen LogP contribution in [0.15, 0.2) is 24.3 Å². The Bertz CT molecular complexity index is 356. The zero-order chi connectivity index (χ0) is 13.0. The first kappa shape index (κ1) is 13.4. The van der Waals surface area contributed by atoms with Gasteiger partial charge in [-0.2, -0.15) is 0 Å². The first-order chi connectivity index (χ1) is 8.55. The minimum atomic E-state index is 0.244. The maximum atomic E-state index is 3.51. The van der Waals surface area contributed by atoms with Gasteiger partial charge in [0, 0.05) is 18.8 Å². The molecule has 0 amide bonds. The van der Waals surface area contributed by atoms with Gasteiger partial charge in [-0.15, -0.1) is 0 Å². The molecule has 0 saturated carbocycles. The van der Waals surface area contributed by atoms with Crippen molar-refractivity contribution in [2.24, 2.45) is 0 Å². The summed E-state index contributed by atoms with van der Waals surface area (Å²) in [7, 11) is 0. The summed E-state index contributed by atoms with van der Waals surface area (Å²) < 4.78 is 0. The van der Waals surface area contributed by atoms with E-state index in [1.165, 1.54) is 43.7 Å². The molecule has 1 aliphatic heterocycles. The van der Waals surface area contributed by atoms with Crippen molar-refractivity contribution in [3.63, 3.8) is 0 Å². The molecule has 0 radical (unpaired) electrons. The molecular formula is C16H26N2. The molecule has 1 heterocycles. The van der Waals surface area contributed by atoms with E-state index in [0.29, 0.717) is 0 Å². The number of benzene rings is 1. The fourth-order valence-electron chi connectivity index (χ4n) is 2.45. The lowest BCUT2D eigenvalue weighted by molar-refractivity contribution is 0.352. The molecule has 0 spiro atoms. The lowest BCUT2D eigenvalue weighted by atomic mass is 9.87. The Morgan fingerprint density at radius 1 is 1.06 bits per heavy atom. The Balaban J connectivity index is 1.79. The van der Waals surface area contributed by atoms with Crippen LogP contribution in [0.25, 0.3) is 0 Å². The van der Waals surface area contributed by atoms with Gasteiger partial charge in [0.05, 0.1) is 0 Å². The molecule has 0 aliphatic carbocycles. The molecule has 1 N–H and O–H groups in total. The molecule has 0 aromatic heterocycles. The smallest absolute Gasteiger partial charge is 0.0340 e. The van der Waals surface area contributed by atoms with E-state index in [2.05, 4.69) is 55.3 Å². The van der Waals surface area contributed by atoms with Gasteiger partial charge in [0.15, 0.2) is 0 Å². The van der Waals surface area contributed by atoms with Crippen LogP contribution < -0.4 is 5.32 Å². The van der Waals surface area contributed by atoms with Gasteiger partial charge < -0.3 is 10.2 Å². The average Bonchev–Trinajstić information content (AvgIpc) is 2.82. The van der Waals surface area contributed by atoms with Crippen LogP contribution >= 0.6 is 0 Å². The number of nitrogens with one attached hydrogen (secondary N) is 1. The van der Waals surface area contributed by atoms with Gasteiger partial charge in [0.25, 0.3) is 0 Å². The first-order valence-electron chi connectivity index (χ1n) is 7.12. The fraction of sp³-hybridized carbons (Fsp3) is 0.625. The Morgan fingerprint density at radius 3 is 2.22 bits per heavy atom. The highest BCUT2D eigenvalue weighted by Gasteiger charge is 2.13. The number of hydrogen-bond donors (Lipinski definition) is 1. The van der Waals surface area contributed by atoms with Gasteiger partial charge in [0.2, 0.25) is 0 Å². The van der Waals surface area contributed by atoms with Crippen LogP contribution in [0.5, 0.6) is 0 Å². The van der Waals surface area contributed by atoms with Crippen LogP contribution in [0.3, 0.4) is 0 Å². The van der Waals surface area contributed by atoms with E-state index >= 15 is 0 Å². The highest BCUT2D eigenvalue weighted by Crippen LogP contribution is 2.23. The molecule has 100 valence electrons. The number of nitrogens with zero attached hydrogens (tertiary/aromatic N) is 1. The number of likely N-dealkylation sites (tertiary alicyclic amines) is 1. The molecular weight excluding hydrogens is 220 g/mol. The van der Waals surface area contributed by atoms with Gasteiger partial charge in [-0.3, -0.25) is 0 Å². The molecule has 0 atom stereocenters. The SMILES string of the molecule is CC(C)(C)c1ccc(NCCN2CCCC2)cc1. The summed E-state index contributed by atoms with van der Waals surface area (Å²) in [5, 5.41) is 3.51. The van der Waals surface area contributed by atoms with Crippen LogP contribution in [-0.4, -0.2) is 31.1 Å². The van der Waals surface area contributed by atoms with Gasteiger partial charge >= 0.3 is 0 Å². The fourth-order valence-corrected chi connectivity index (χ4v) is 2.45. The van der Waals surface area contributed by atoms with Crippen molar-refractivity contribution < 1.29 is 0 Å². The Morgan fingerprint density at radius 2 is 1.67 bits per heavy atom. The van der Waals surface area contributed by atoms with E-state index in [1.54, 1.807) is 0 Å². The maximum absolute atomic E-state index is 3.51. The van der Waals surface area contributed by atoms with Crippen molar-refractivity contribution >= 4 is 5.69 Å². The molecule has 2 rings (SSSR count). The Kier molecular flexibility index (Phi) is 4.28. The largest absolute Gasteiger partial charge is 0.384 e. The molecule has 1 aromatic rings. The summed E-state index contributed by atoms with van der Waals surface area (Å²) >= 11 is 0. The molecule has 1 aromatic carbocycles. The van der Waals surface area contributed by atoms with Crippen molar-refractivity contribution in [1.82, 2.24) is 4.90 Å². The van der Waals surface area contributed by atoms with Gasteiger partial charge in [-0.1, -0.05) is 32.9 Å². The molecule has 1 saturated heterocycles. The van der Waals surface area contributed by atoms with Gasteiger partial charge in [-0.25, -0.2) is 0 Å². The minimum absolute atomic E-state index is 0.244. The van der Waals surface area contributed by atoms with Crippen molar-refractivity contribution in [2.45, 2.75) is 39.0 Å². The van der Waals surface area contributed by atoms with Crippen molar-refractivity contribution in [2.75, 3.05) is 31.5 Å². The Labute approximate surface area is 111 Å². The molecule has 2 heteroatoms. The lowest BCUT2D eigenvalue weighted by Crippen LogP contribution is -2.25. The normalized spacial score (nSPS) is 17.1. The van der Waals surface area contributed by atoms with Crippen LogP contribution in [0.2, 0.25) is 0 Å². The highest BCUT2D eigenvalue weighted by atomic mass is 15.1. The minimum Gasteiger partial charge on any atom is -0.384 e. The van der Waals surface area contributed by atoms with Crippen LogP contribution in [0, 0.1) is 0 Å². The molecule has 0 unspecified atom stereocenters. The number of hydrogen-bond acceptors (Lipinski definition) is 2. The third-order valence-electron chi connectivity index (χ3n) is 3.71. The van der Waals surface area contributed by atoms with Gasteiger partial charge in [0.1, 0.15) is 0 Å². The second-order valence-electron chi connectivity index (χ2n) is 6.30. The molecule has 1 aliphatic rings. The molecule has 0 bridgehead atoms. The van der Waals surface area contributed by atoms with E-state index in [4.69, 9.17) is 0 Å². The van der Waals surface area contributed by atoms with E-state index in [9.17, 15) is 0 Å². The predicted molar refractivity (Wildman–Crippen MR) is 79.3 cm³/mol. The lowest BCUT2D eigenvalue weighted by Gasteiger charge is -2.20. The summed E-state index contributed by atoms with van der Waals surface area (Å²) in [6.07, 6.45) is 2.75. The summed E-state index contributed by atoms with van der Waals surface area (Å²) in [5.74, 6) is 0. The zero-order valence-corrected chi connectivity index (χ0v) is 12.0. The monoisotopic (exact) mass is 246 g/mol. The molecule has 18 heavy (non-hydrogen) atoms. The third kappa shape index (κ3) is 3.74. The van der Waals surface area contributed by atoms with Crippen molar-refractivity contribution in [3.8, 4) is 0 Å². The van der Waals surface area contributed by atoms with E-state index in [1.807, 2.05) is 0 Å². The standard InChI is InChI=1S/C16H26N2/c1-16(2,3)14-6-8-15(9-7-14)17-10-13-18-11-4-5-12-18/h6-9,17H,4-5,10-13H2,1-3H3. The topological polar surface area (TPSA) is 15.3 Å². The van der Waals surface area contributed by atoms with E-state index < -0.39 is 0 Å². The second-order valence-corrected chi connectivity index (χ2v) is 6.30. The van der Waals surface area contributed by atoms with E-state index in [0.717, 1.165) is 6.54 Å². The number of rotatable bonds is 4.